The topological polar surface area (TPSA) is 36.4 Å². The van der Waals surface area contributed by atoms with Gasteiger partial charge in [-0.3, -0.25) is 0 Å². The third-order valence-electron chi connectivity index (χ3n) is 2.69. The van der Waals surface area contributed by atoms with Crippen molar-refractivity contribution in [3.8, 4) is 0 Å². The van der Waals surface area contributed by atoms with Gasteiger partial charge in [0, 0.05) is 25.0 Å². The molecule has 1 atom stereocenters. The number of aliphatic hydroxyl groups is 1. The smallest absolute Gasteiger partial charge is 0.131 e. The van der Waals surface area contributed by atoms with Crippen LogP contribution >= 0.6 is 11.8 Å². The SMILES string of the molecule is CSCC(C)N(C)c1ncc(CO)cc1C. The van der Waals surface area contributed by atoms with Crippen LogP contribution in [0.5, 0.6) is 0 Å². The van der Waals surface area contributed by atoms with Crippen LogP contribution in [-0.2, 0) is 6.61 Å². The van der Waals surface area contributed by atoms with Gasteiger partial charge in [0.2, 0.25) is 0 Å². The maximum atomic E-state index is 9.03. The predicted octanol–water partition coefficient (Wildman–Crippen LogP) is 2.07. The van der Waals surface area contributed by atoms with E-state index >= 15 is 0 Å². The van der Waals surface area contributed by atoms with Gasteiger partial charge in [0.1, 0.15) is 5.82 Å². The standard InChI is InChI=1S/C12H20N2OS/c1-9-5-11(7-15)6-13-12(9)14(3)10(2)8-16-4/h5-6,10,15H,7-8H2,1-4H3. The Bertz CT molecular complexity index is 344. The van der Waals surface area contributed by atoms with Crippen molar-refractivity contribution in [2.75, 3.05) is 24.0 Å². The third kappa shape index (κ3) is 3.12. The number of hydrogen-bond donors (Lipinski definition) is 1. The van der Waals surface area contributed by atoms with E-state index in [4.69, 9.17) is 5.11 Å². The van der Waals surface area contributed by atoms with Crippen molar-refractivity contribution in [2.45, 2.75) is 26.5 Å². The molecule has 0 aliphatic rings. The minimum absolute atomic E-state index is 0.0538. The lowest BCUT2D eigenvalue weighted by molar-refractivity contribution is 0.281. The normalized spacial score (nSPS) is 12.6. The fourth-order valence-electron chi connectivity index (χ4n) is 1.64. The van der Waals surface area contributed by atoms with Gasteiger partial charge in [0.15, 0.2) is 0 Å². The average molecular weight is 240 g/mol. The summed E-state index contributed by atoms with van der Waals surface area (Å²) < 4.78 is 0. The number of rotatable bonds is 5. The molecule has 0 saturated carbocycles. The fourth-order valence-corrected chi connectivity index (χ4v) is 2.35. The second kappa shape index (κ2) is 6.11. The van der Waals surface area contributed by atoms with Crippen LogP contribution in [0, 0.1) is 6.92 Å². The highest BCUT2D eigenvalue weighted by Gasteiger charge is 2.12. The van der Waals surface area contributed by atoms with Crippen LogP contribution < -0.4 is 4.90 Å². The molecule has 1 heterocycles. The van der Waals surface area contributed by atoms with E-state index in [0.717, 1.165) is 22.7 Å². The summed E-state index contributed by atoms with van der Waals surface area (Å²) in [7, 11) is 2.06. The summed E-state index contributed by atoms with van der Waals surface area (Å²) in [6.07, 6.45) is 3.85. The number of nitrogens with zero attached hydrogens (tertiary/aromatic N) is 2. The highest BCUT2D eigenvalue weighted by atomic mass is 32.2. The van der Waals surface area contributed by atoms with Gasteiger partial charge < -0.3 is 10.0 Å². The maximum Gasteiger partial charge on any atom is 0.131 e. The minimum Gasteiger partial charge on any atom is -0.392 e. The molecule has 0 spiro atoms. The Labute approximate surface area is 102 Å². The van der Waals surface area contributed by atoms with Crippen LogP contribution in [0.15, 0.2) is 12.3 Å². The Morgan fingerprint density at radius 1 is 1.56 bits per heavy atom. The molecule has 4 heteroatoms. The molecule has 0 bridgehead atoms. The number of aromatic nitrogens is 1. The summed E-state index contributed by atoms with van der Waals surface area (Å²) in [5, 5.41) is 9.03. The molecule has 90 valence electrons. The lowest BCUT2D eigenvalue weighted by Crippen LogP contribution is -2.32. The molecule has 16 heavy (non-hydrogen) atoms. The minimum atomic E-state index is 0.0538. The number of anilines is 1. The molecule has 1 N–H and O–H groups in total. The van der Waals surface area contributed by atoms with E-state index < -0.39 is 0 Å². The van der Waals surface area contributed by atoms with Crippen molar-refractivity contribution in [3.05, 3.63) is 23.4 Å². The molecule has 1 rings (SSSR count). The van der Waals surface area contributed by atoms with E-state index in [1.165, 1.54) is 0 Å². The molecule has 1 aromatic heterocycles. The summed E-state index contributed by atoms with van der Waals surface area (Å²) in [6, 6.07) is 2.45. The zero-order valence-electron chi connectivity index (χ0n) is 10.4. The van der Waals surface area contributed by atoms with E-state index in [0.29, 0.717) is 6.04 Å². The first-order valence-corrected chi connectivity index (χ1v) is 6.77. The third-order valence-corrected chi connectivity index (χ3v) is 3.51. The van der Waals surface area contributed by atoms with E-state index in [9.17, 15) is 0 Å². The van der Waals surface area contributed by atoms with Crippen LogP contribution in [0.2, 0.25) is 0 Å². The summed E-state index contributed by atoms with van der Waals surface area (Å²) >= 11 is 1.84. The zero-order chi connectivity index (χ0) is 12.1. The lowest BCUT2D eigenvalue weighted by atomic mass is 10.2. The largest absolute Gasteiger partial charge is 0.392 e. The highest BCUT2D eigenvalue weighted by molar-refractivity contribution is 7.98. The van der Waals surface area contributed by atoms with Gasteiger partial charge in [-0.15, -0.1) is 0 Å². The van der Waals surface area contributed by atoms with Crippen molar-refractivity contribution in [3.63, 3.8) is 0 Å². The van der Waals surface area contributed by atoms with Gasteiger partial charge in [-0.2, -0.15) is 11.8 Å². The van der Waals surface area contributed by atoms with E-state index in [1.807, 2.05) is 24.8 Å². The number of pyridine rings is 1. The van der Waals surface area contributed by atoms with Gasteiger partial charge in [0.05, 0.1) is 6.61 Å². The van der Waals surface area contributed by atoms with Gasteiger partial charge in [-0.05, 0) is 37.3 Å². The second-order valence-electron chi connectivity index (χ2n) is 4.06. The summed E-state index contributed by atoms with van der Waals surface area (Å²) in [6.45, 7) is 4.28. The second-order valence-corrected chi connectivity index (χ2v) is 4.97. The summed E-state index contributed by atoms with van der Waals surface area (Å²) in [5.74, 6) is 2.08. The molecule has 0 amide bonds. The van der Waals surface area contributed by atoms with Crippen molar-refractivity contribution in [1.82, 2.24) is 4.98 Å². The van der Waals surface area contributed by atoms with Crippen LogP contribution in [0.4, 0.5) is 5.82 Å². The van der Waals surface area contributed by atoms with Crippen molar-refractivity contribution < 1.29 is 5.11 Å². The first kappa shape index (κ1) is 13.3. The molecule has 0 radical (unpaired) electrons. The number of aryl methyl sites for hydroxylation is 1. The van der Waals surface area contributed by atoms with Crippen molar-refractivity contribution >= 4 is 17.6 Å². The molecule has 1 unspecified atom stereocenters. The Kier molecular flexibility index (Phi) is 5.09. The molecular weight excluding hydrogens is 220 g/mol. The Morgan fingerprint density at radius 2 is 2.25 bits per heavy atom. The molecule has 0 saturated heterocycles. The molecule has 0 aliphatic carbocycles. The summed E-state index contributed by atoms with van der Waals surface area (Å²) in [5.41, 5.74) is 1.98. The van der Waals surface area contributed by atoms with E-state index in [1.54, 1.807) is 6.20 Å². The van der Waals surface area contributed by atoms with Crippen molar-refractivity contribution in [1.29, 1.82) is 0 Å². The molecule has 0 aromatic carbocycles. The van der Waals surface area contributed by atoms with Crippen LogP contribution in [-0.4, -0.2) is 35.2 Å². The van der Waals surface area contributed by atoms with Gasteiger partial charge in [0.25, 0.3) is 0 Å². The monoisotopic (exact) mass is 240 g/mol. The van der Waals surface area contributed by atoms with Crippen molar-refractivity contribution in [2.24, 2.45) is 0 Å². The van der Waals surface area contributed by atoms with Gasteiger partial charge in [-0.25, -0.2) is 4.98 Å². The molecular formula is C12H20N2OS. The first-order valence-electron chi connectivity index (χ1n) is 5.38. The quantitative estimate of drug-likeness (QED) is 0.855. The molecule has 0 fully saturated rings. The van der Waals surface area contributed by atoms with Crippen LogP contribution in [0.25, 0.3) is 0 Å². The van der Waals surface area contributed by atoms with Crippen LogP contribution in [0.1, 0.15) is 18.1 Å². The van der Waals surface area contributed by atoms with E-state index in [2.05, 4.69) is 30.1 Å². The fraction of sp³-hybridized carbons (Fsp3) is 0.583. The van der Waals surface area contributed by atoms with Crippen LogP contribution in [0.3, 0.4) is 0 Å². The zero-order valence-corrected chi connectivity index (χ0v) is 11.2. The number of aliphatic hydroxyl groups excluding tert-OH is 1. The molecule has 3 nitrogen and oxygen atoms in total. The number of thioether (sulfide) groups is 1. The highest BCUT2D eigenvalue weighted by Crippen LogP contribution is 2.19. The molecule has 1 aromatic rings. The maximum absolute atomic E-state index is 9.03. The number of hydrogen-bond acceptors (Lipinski definition) is 4. The molecule has 0 aliphatic heterocycles. The Hall–Kier alpha value is -0.740. The van der Waals surface area contributed by atoms with Gasteiger partial charge in [-0.1, -0.05) is 0 Å². The first-order chi connectivity index (χ1) is 7.60. The Morgan fingerprint density at radius 3 is 2.75 bits per heavy atom. The predicted molar refractivity (Wildman–Crippen MR) is 71.1 cm³/mol. The van der Waals surface area contributed by atoms with E-state index in [-0.39, 0.29) is 6.61 Å². The Balaban J connectivity index is 2.87. The van der Waals surface area contributed by atoms with Gasteiger partial charge >= 0.3 is 0 Å². The summed E-state index contributed by atoms with van der Waals surface area (Å²) in [4.78, 5) is 6.60. The average Bonchev–Trinajstić information content (AvgIpc) is 2.28. The lowest BCUT2D eigenvalue weighted by Gasteiger charge is -2.26.